The molecule has 26 heavy (non-hydrogen) atoms. The van der Waals surface area contributed by atoms with Crippen LogP contribution in [0.3, 0.4) is 0 Å². The van der Waals surface area contributed by atoms with Crippen molar-refractivity contribution in [2.45, 2.75) is 6.92 Å². The van der Waals surface area contributed by atoms with E-state index in [0.717, 1.165) is 5.56 Å². The Kier molecular flexibility index (Phi) is 5.61. The SMILES string of the molecule is C/C(=N/NC(=O)c1cc(-c2ccccc2Cl)n[nH]1)c1ccc(Cl)cc1Cl. The summed E-state index contributed by atoms with van der Waals surface area (Å²) < 4.78 is 0. The molecule has 0 aliphatic carbocycles. The number of hydrogen-bond donors (Lipinski definition) is 2. The molecule has 3 rings (SSSR count). The number of amides is 1. The summed E-state index contributed by atoms with van der Waals surface area (Å²) in [5.41, 5.74) is 5.26. The van der Waals surface area contributed by atoms with Crippen LogP contribution in [0, 0.1) is 0 Å². The lowest BCUT2D eigenvalue weighted by Gasteiger charge is -2.04. The molecule has 0 fully saturated rings. The highest BCUT2D eigenvalue weighted by atomic mass is 35.5. The van der Waals surface area contributed by atoms with E-state index in [2.05, 4.69) is 20.7 Å². The molecule has 132 valence electrons. The molecule has 5 nitrogen and oxygen atoms in total. The molecule has 1 heterocycles. The predicted octanol–water partition coefficient (Wildman–Crippen LogP) is 5.19. The summed E-state index contributed by atoms with van der Waals surface area (Å²) in [6.45, 7) is 1.73. The summed E-state index contributed by atoms with van der Waals surface area (Å²) in [6.07, 6.45) is 0. The van der Waals surface area contributed by atoms with Gasteiger partial charge >= 0.3 is 0 Å². The quantitative estimate of drug-likeness (QED) is 0.461. The topological polar surface area (TPSA) is 70.1 Å². The van der Waals surface area contributed by atoms with E-state index in [1.54, 1.807) is 37.3 Å². The van der Waals surface area contributed by atoms with E-state index in [1.807, 2.05) is 18.2 Å². The number of carbonyl (C=O) groups is 1. The zero-order chi connectivity index (χ0) is 18.7. The van der Waals surface area contributed by atoms with Gasteiger partial charge in [-0.2, -0.15) is 10.2 Å². The Bertz CT molecular complexity index is 998. The van der Waals surface area contributed by atoms with Gasteiger partial charge in [0.15, 0.2) is 0 Å². The Labute approximate surface area is 165 Å². The average molecular weight is 408 g/mol. The van der Waals surface area contributed by atoms with Gasteiger partial charge in [-0.1, -0.05) is 59.1 Å². The van der Waals surface area contributed by atoms with E-state index >= 15 is 0 Å². The average Bonchev–Trinajstić information content (AvgIpc) is 3.09. The molecule has 2 aromatic carbocycles. The first-order chi connectivity index (χ1) is 12.5. The fourth-order valence-corrected chi connectivity index (χ4v) is 3.06. The minimum atomic E-state index is -0.430. The monoisotopic (exact) mass is 406 g/mol. The molecule has 0 unspecified atom stereocenters. The van der Waals surface area contributed by atoms with E-state index < -0.39 is 5.91 Å². The zero-order valence-corrected chi connectivity index (χ0v) is 15.8. The maximum atomic E-state index is 12.3. The Balaban J connectivity index is 1.75. The lowest BCUT2D eigenvalue weighted by Crippen LogP contribution is -2.19. The molecule has 0 aliphatic rings. The fraction of sp³-hybridized carbons (Fsp3) is 0.0556. The predicted molar refractivity (Wildman–Crippen MR) is 105 cm³/mol. The number of carbonyl (C=O) groups excluding carboxylic acids is 1. The molecule has 3 aromatic rings. The lowest BCUT2D eigenvalue weighted by molar-refractivity contribution is 0.0950. The highest BCUT2D eigenvalue weighted by Gasteiger charge is 2.13. The van der Waals surface area contributed by atoms with Crippen molar-refractivity contribution in [3.63, 3.8) is 0 Å². The van der Waals surface area contributed by atoms with Crippen LogP contribution in [-0.2, 0) is 0 Å². The number of nitrogens with one attached hydrogen (secondary N) is 2. The van der Waals surface area contributed by atoms with Gasteiger partial charge in [-0.25, -0.2) is 5.43 Å². The molecule has 0 atom stereocenters. The van der Waals surface area contributed by atoms with Crippen molar-refractivity contribution in [2.75, 3.05) is 0 Å². The summed E-state index contributed by atoms with van der Waals surface area (Å²) in [5, 5.41) is 12.4. The first kappa shape index (κ1) is 18.5. The van der Waals surface area contributed by atoms with Crippen molar-refractivity contribution in [3.05, 3.63) is 74.9 Å². The van der Waals surface area contributed by atoms with Gasteiger partial charge in [0.05, 0.1) is 21.5 Å². The second-order valence-corrected chi connectivity index (χ2v) is 6.66. The van der Waals surface area contributed by atoms with Crippen LogP contribution in [0.4, 0.5) is 0 Å². The number of hydrogen-bond acceptors (Lipinski definition) is 3. The molecule has 0 aliphatic heterocycles. The second-order valence-electron chi connectivity index (χ2n) is 5.41. The molecule has 0 spiro atoms. The van der Waals surface area contributed by atoms with Gasteiger partial charge in [0.2, 0.25) is 0 Å². The fourth-order valence-electron chi connectivity index (χ4n) is 2.28. The summed E-state index contributed by atoms with van der Waals surface area (Å²) >= 11 is 18.2. The number of benzene rings is 2. The first-order valence-corrected chi connectivity index (χ1v) is 8.69. The molecular formula is C18H13Cl3N4O. The third kappa shape index (κ3) is 4.07. The number of rotatable bonds is 4. The summed E-state index contributed by atoms with van der Waals surface area (Å²) in [6, 6.07) is 13.9. The Morgan fingerprint density at radius 3 is 2.58 bits per heavy atom. The molecule has 0 saturated heterocycles. The molecular weight excluding hydrogens is 395 g/mol. The van der Waals surface area contributed by atoms with E-state index in [4.69, 9.17) is 34.8 Å². The van der Waals surface area contributed by atoms with Gasteiger partial charge in [-0.3, -0.25) is 9.89 Å². The minimum absolute atomic E-state index is 0.263. The van der Waals surface area contributed by atoms with Crippen molar-refractivity contribution in [3.8, 4) is 11.3 Å². The maximum absolute atomic E-state index is 12.3. The van der Waals surface area contributed by atoms with Gasteiger partial charge in [0.1, 0.15) is 5.69 Å². The number of hydrazone groups is 1. The van der Waals surface area contributed by atoms with Crippen LogP contribution in [0.25, 0.3) is 11.3 Å². The summed E-state index contributed by atoms with van der Waals surface area (Å²) in [4.78, 5) is 12.3. The van der Waals surface area contributed by atoms with Crippen molar-refractivity contribution < 1.29 is 4.79 Å². The van der Waals surface area contributed by atoms with E-state index in [9.17, 15) is 4.79 Å². The molecule has 1 amide bonds. The highest BCUT2D eigenvalue weighted by Crippen LogP contribution is 2.26. The van der Waals surface area contributed by atoms with Gasteiger partial charge in [-0.15, -0.1) is 0 Å². The first-order valence-electron chi connectivity index (χ1n) is 7.56. The molecule has 0 bridgehead atoms. The normalized spacial score (nSPS) is 11.5. The molecule has 8 heteroatoms. The highest BCUT2D eigenvalue weighted by molar-refractivity contribution is 6.37. The summed E-state index contributed by atoms with van der Waals surface area (Å²) in [5.74, 6) is -0.430. The van der Waals surface area contributed by atoms with Crippen LogP contribution in [-0.4, -0.2) is 21.8 Å². The van der Waals surface area contributed by atoms with Crippen LogP contribution in [0.2, 0.25) is 15.1 Å². The zero-order valence-electron chi connectivity index (χ0n) is 13.6. The van der Waals surface area contributed by atoms with E-state index in [-0.39, 0.29) is 5.69 Å². The van der Waals surface area contributed by atoms with Gasteiger partial charge in [0, 0.05) is 16.1 Å². The van der Waals surface area contributed by atoms with Crippen LogP contribution >= 0.6 is 34.8 Å². The van der Waals surface area contributed by atoms with Crippen molar-refractivity contribution in [1.82, 2.24) is 15.6 Å². The van der Waals surface area contributed by atoms with Crippen molar-refractivity contribution in [1.29, 1.82) is 0 Å². The molecule has 1 aromatic heterocycles. The van der Waals surface area contributed by atoms with Gasteiger partial charge < -0.3 is 0 Å². The van der Waals surface area contributed by atoms with Crippen LogP contribution < -0.4 is 5.43 Å². The van der Waals surface area contributed by atoms with E-state index in [0.29, 0.717) is 32.0 Å². The second kappa shape index (κ2) is 7.91. The van der Waals surface area contributed by atoms with Crippen LogP contribution in [0.1, 0.15) is 23.0 Å². The van der Waals surface area contributed by atoms with Crippen molar-refractivity contribution >= 4 is 46.4 Å². The minimum Gasteiger partial charge on any atom is -0.272 e. The van der Waals surface area contributed by atoms with Gasteiger partial charge in [-0.05, 0) is 31.2 Å². The largest absolute Gasteiger partial charge is 0.289 e. The van der Waals surface area contributed by atoms with Crippen LogP contribution in [0.5, 0.6) is 0 Å². The number of aromatic amines is 1. The van der Waals surface area contributed by atoms with Crippen LogP contribution in [0.15, 0.2) is 53.6 Å². The van der Waals surface area contributed by atoms with Gasteiger partial charge in [0.25, 0.3) is 5.91 Å². The third-order valence-electron chi connectivity index (χ3n) is 3.62. The lowest BCUT2D eigenvalue weighted by atomic mass is 10.1. The number of nitrogens with zero attached hydrogens (tertiary/aromatic N) is 2. The number of H-pyrrole nitrogens is 1. The third-order valence-corrected chi connectivity index (χ3v) is 4.50. The standard InChI is InChI=1S/C18H13Cl3N4O/c1-10(12-7-6-11(19)8-15(12)21)22-25-18(26)17-9-16(23-24-17)13-4-2-3-5-14(13)20/h2-9H,1H3,(H,23,24)(H,25,26)/b22-10-. The number of halogens is 3. The van der Waals surface area contributed by atoms with E-state index in [1.165, 1.54) is 0 Å². The van der Waals surface area contributed by atoms with Crippen molar-refractivity contribution in [2.24, 2.45) is 5.10 Å². The Morgan fingerprint density at radius 1 is 1.08 bits per heavy atom. The molecule has 0 saturated carbocycles. The Hall–Kier alpha value is -2.34. The smallest absolute Gasteiger partial charge is 0.272 e. The molecule has 2 N–H and O–H groups in total. The molecule has 0 radical (unpaired) electrons. The maximum Gasteiger partial charge on any atom is 0.289 e. The Morgan fingerprint density at radius 2 is 1.85 bits per heavy atom. The summed E-state index contributed by atoms with van der Waals surface area (Å²) in [7, 11) is 0. The number of aromatic nitrogens is 2.